The first kappa shape index (κ1) is 13.8. The summed E-state index contributed by atoms with van der Waals surface area (Å²) in [7, 11) is 1.91. The minimum atomic E-state index is -0.970. The lowest BCUT2D eigenvalue weighted by molar-refractivity contribution is 0.0696. The van der Waals surface area contributed by atoms with Crippen LogP contribution in [0.5, 0.6) is 0 Å². The molecule has 1 saturated carbocycles. The van der Waals surface area contributed by atoms with Gasteiger partial charge >= 0.3 is 5.97 Å². The zero-order valence-corrected chi connectivity index (χ0v) is 11.6. The highest BCUT2D eigenvalue weighted by molar-refractivity contribution is 5.92. The standard InChI is InChI=1S/C14H21N3O2/c1-10-15-9-12(14(18)19)13(16-10)17(2)8-7-11-5-3-4-6-11/h9,11H,3-8H2,1-2H3,(H,18,19). The number of hydrogen-bond acceptors (Lipinski definition) is 4. The number of aromatic carboxylic acids is 1. The minimum absolute atomic E-state index is 0.180. The van der Waals surface area contributed by atoms with Crippen LogP contribution in [0.15, 0.2) is 6.20 Å². The van der Waals surface area contributed by atoms with Gasteiger partial charge in [-0.25, -0.2) is 14.8 Å². The summed E-state index contributed by atoms with van der Waals surface area (Å²) in [6.07, 6.45) is 7.79. The molecule has 0 bridgehead atoms. The Morgan fingerprint density at radius 1 is 1.47 bits per heavy atom. The summed E-state index contributed by atoms with van der Waals surface area (Å²) < 4.78 is 0. The van der Waals surface area contributed by atoms with Crippen LogP contribution in [0.4, 0.5) is 5.82 Å². The molecule has 1 heterocycles. The Kier molecular flexibility index (Phi) is 4.35. The van der Waals surface area contributed by atoms with Crippen molar-refractivity contribution >= 4 is 11.8 Å². The van der Waals surface area contributed by atoms with E-state index in [1.165, 1.54) is 31.9 Å². The molecule has 1 aromatic heterocycles. The van der Waals surface area contributed by atoms with E-state index in [9.17, 15) is 9.90 Å². The molecule has 1 fully saturated rings. The highest BCUT2D eigenvalue weighted by Crippen LogP contribution is 2.28. The second-order valence-corrected chi connectivity index (χ2v) is 5.32. The van der Waals surface area contributed by atoms with E-state index in [0.29, 0.717) is 11.6 Å². The van der Waals surface area contributed by atoms with Crippen LogP contribution in [0, 0.1) is 12.8 Å². The second kappa shape index (κ2) is 5.99. The summed E-state index contributed by atoms with van der Waals surface area (Å²) in [6.45, 7) is 2.63. The number of nitrogens with zero attached hydrogens (tertiary/aromatic N) is 3. The Morgan fingerprint density at radius 3 is 2.79 bits per heavy atom. The van der Waals surface area contributed by atoms with Gasteiger partial charge in [-0.3, -0.25) is 0 Å². The van der Waals surface area contributed by atoms with Crippen LogP contribution >= 0.6 is 0 Å². The van der Waals surface area contributed by atoms with Crippen molar-refractivity contribution in [1.29, 1.82) is 0 Å². The third-order valence-electron chi connectivity index (χ3n) is 3.83. The van der Waals surface area contributed by atoms with Crippen molar-refractivity contribution in [2.45, 2.75) is 39.0 Å². The maximum absolute atomic E-state index is 11.2. The maximum atomic E-state index is 11.2. The van der Waals surface area contributed by atoms with Crippen LogP contribution in [0.3, 0.4) is 0 Å². The first-order chi connectivity index (χ1) is 9.08. The van der Waals surface area contributed by atoms with Crippen LogP contribution in [-0.2, 0) is 0 Å². The first-order valence-corrected chi connectivity index (χ1v) is 6.86. The predicted molar refractivity (Wildman–Crippen MR) is 73.6 cm³/mol. The van der Waals surface area contributed by atoms with Crippen molar-refractivity contribution in [3.8, 4) is 0 Å². The van der Waals surface area contributed by atoms with Crippen molar-refractivity contribution in [1.82, 2.24) is 9.97 Å². The van der Waals surface area contributed by atoms with Gasteiger partial charge in [0.15, 0.2) is 0 Å². The Labute approximate surface area is 113 Å². The van der Waals surface area contributed by atoms with Crippen LogP contribution in [0.2, 0.25) is 0 Å². The van der Waals surface area contributed by atoms with Crippen LogP contribution < -0.4 is 4.90 Å². The van der Waals surface area contributed by atoms with E-state index >= 15 is 0 Å². The molecular weight excluding hydrogens is 242 g/mol. The van der Waals surface area contributed by atoms with E-state index in [2.05, 4.69) is 9.97 Å². The molecule has 5 heteroatoms. The van der Waals surface area contributed by atoms with E-state index in [0.717, 1.165) is 18.9 Å². The van der Waals surface area contributed by atoms with Crippen molar-refractivity contribution < 1.29 is 9.90 Å². The smallest absolute Gasteiger partial charge is 0.341 e. The first-order valence-electron chi connectivity index (χ1n) is 6.86. The summed E-state index contributed by atoms with van der Waals surface area (Å²) in [5.41, 5.74) is 0.180. The van der Waals surface area contributed by atoms with Gasteiger partial charge in [0.1, 0.15) is 17.2 Å². The van der Waals surface area contributed by atoms with Crippen LogP contribution in [0.25, 0.3) is 0 Å². The van der Waals surface area contributed by atoms with Gasteiger partial charge in [0.25, 0.3) is 0 Å². The molecule has 2 rings (SSSR count). The van der Waals surface area contributed by atoms with Crippen molar-refractivity contribution in [2.75, 3.05) is 18.5 Å². The predicted octanol–water partition coefficient (Wildman–Crippen LogP) is 2.50. The second-order valence-electron chi connectivity index (χ2n) is 5.32. The fourth-order valence-corrected chi connectivity index (χ4v) is 2.68. The lowest BCUT2D eigenvalue weighted by Gasteiger charge is -2.21. The monoisotopic (exact) mass is 263 g/mol. The normalized spacial score (nSPS) is 15.7. The number of aromatic nitrogens is 2. The molecular formula is C14H21N3O2. The van der Waals surface area contributed by atoms with E-state index < -0.39 is 5.97 Å². The number of carboxylic acid groups (broad SMARTS) is 1. The van der Waals surface area contributed by atoms with Gasteiger partial charge in [0.05, 0.1) is 0 Å². The van der Waals surface area contributed by atoms with E-state index in [1.54, 1.807) is 6.92 Å². The molecule has 0 aromatic carbocycles. The Bertz CT molecular complexity index is 456. The van der Waals surface area contributed by atoms with Gasteiger partial charge in [-0.1, -0.05) is 25.7 Å². The topological polar surface area (TPSA) is 66.3 Å². The van der Waals surface area contributed by atoms with E-state index in [1.807, 2.05) is 11.9 Å². The summed E-state index contributed by atoms with van der Waals surface area (Å²) in [4.78, 5) is 21.4. The molecule has 1 aliphatic rings. The van der Waals surface area contributed by atoms with Gasteiger partial charge in [-0.05, 0) is 19.3 Å². The molecule has 0 radical (unpaired) electrons. The van der Waals surface area contributed by atoms with E-state index in [4.69, 9.17) is 0 Å². The van der Waals surface area contributed by atoms with Gasteiger partial charge < -0.3 is 10.0 Å². The summed E-state index contributed by atoms with van der Waals surface area (Å²) in [5.74, 6) is 0.951. The largest absolute Gasteiger partial charge is 0.477 e. The summed E-state index contributed by atoms with van der Waals surface area (Å²) in [5, 5.41) is 9.18. The number of aryl methyl sites for hydroxylation is 1. The molecule has 5 nitrogen and oxygen atoms in total. The summed E-state index contributed by atoms with van der Waals surface area (Å²) >= 11 is 0. The average Bonchev–Trinajstić information content (AvgIpc) is 2.88. The zero-order chi connectivity index (χ0) is 13.8. The van der Waals surface area contributed by atoms with Crippen molar-refractivity contribution in [2.24, 2.45) is 5.92 Å². The molecule has 19 heavy (non-hydrogen) atoms. The molecule has 0 atom stereocenters. The van der Waals surface area contributed by atoms with Crippen LogP contribution in [0.1, 0.15) is 48.3 Å². The Morgan fingerprint density at radius 2 is 2.16 bits per heavy atom. The molecule has 0 unspecified atom stereocenters. The molecule has 0 saturated heterocycles. The average molecular weight is 263 g/mol. The van der Waals surface area contributed by atoms with Crippen molar-refractivity contribution in [3.05, 3.63) is 17.6 Å². The maximum Gasteiger partial charge on any atom is 0.341 e. The third-order valence-corrected chi connectivity index (χ3v) is 3.83. The Hall–Kier alpha value is -1.65. The molecule has 0 spiro atoms. The number of carboxylic acids is 1. The van der Waals surface area contributed by atoms with Gasteiger partial charge in [-0.15, -0.1) is 0 Å². The van der Waals surface area contributed by atoms with E-state index in [-0.39, 0.29) is 5.56 Å². The van der Waals surface area contributed by atoms with Gasteiger partial charge in [-0.2, -0.15) is 0 Å². The molecule has 104 valence electrons. The quantitative estimate of drug-likeness (QED) is 0.884. The highest BCUT2D eigenvalue weighted by Gasteiger charge is 2.19. The number of anilines is 1. The van der Waals surface area contributed by atoms with Crippen LogP contribution in [-0.4, -0.2) is 34.6 Å². The third kappa shape index (κ3) is 3.43. The lowest BCUT2D eigenvalue weighted by atomic mass is 10.0. The molecule has 0 amide bonds. The fourth-order valence-electron chi connectivity index (χ4n) is 2.68. The van der Waals surface area contributed by atoms with Gasteiger partial charge in [0.2, 0.25) is 0 Å². The fraction of sp³-hybridized carbons (Fsp3) is 0.643. The number of carbonyl (C=O) groups is 1. The number of rotatable bonds is 5. The Balaban J connectivity index is 2.06. The van der Waals surface area contributed by atoms with Crippen molar-refractivity contribution in [3.63, 3.8) is 0 Å². The zero-order valence-electron chi connectivity index (χ0n) is 11.6. The lowest BCUT2D eigenvalue weighted by Crippen LogP contribution is -2.24. The summed E-state index contributed by atoms with van der Waals surface area (Å²) in [6, 6.07) is 0. The highest BCUT2D eigenvalue weighted by atomic mass is 16.4. The molecule has 0 aliphatic heterocycles. The molecule has 1 N–H and O–H groups in total. The molecule has 1 aliphatic carbocycles. The minimum Gasteiger partial charge on any atom is -0.477 e. The SMILES string of the molecule is Cc1ncc(C(=O)O)c(N(C)CCC2CCCC2)n1. The van der Waals surface area contributed by atoms with Gasteiger partial charge in [0, 0.05) is 19.8 Å². The molecule has 1 aromatic rings. The number of hydrogen-bond donors (Lipinski definition) is 1.